The van der Waals surface area contributed by atoms with E-state index in [0.717, 1.165) is 0 Å². The Morgan fingerprint density at radius 3 is 2.37 bits per heavy atom. The Labute approximate surface area is 156 Å². The zero-order valence-electron chi connectivity index (χ0n) is 14.8. The minimum absolute atomic E-state index is 0.0557. The third kappa shape index (κ3) is 6.77. The first-order chi connectivity index (χ1) is 13.0. The highest BCUT2D eigenvalue weighted by molar-refractivity contribution is 5.91. The van der Waals surface area contributed by atoms with Gasteiger partial charge in [0.25, 0.3) is 5.91 Å². The number of anilines is 1. The number of methoxy groups -OCH3 is 1. The summed E-state index contributed by atoms with van der Waals surface area (Å²) in [4.78, 5) is 22.4. The Morgan fingerprint density at radius 1 is 1.04 bits per heavy atom. The predicted octanol–water partition coefficient (Wildman–Crippen LogP) is 2.66. The summed E-state index contributed by atoms with van der Waals surface area (Å²) >= 11 is 0. The van der Waals surface area contributed by atoms with Gasteiger partial charge in [0.1, 0.15) is 11.5 Å². The number of hydrogen-bond donors (Lipinski definition) is 3. The number of rotatable bonds is 10. The van der Waals surface area contributed by atoms with Crippen molar-refractivity contribution in [2.75, 3.05) is 25.6 Å². The number of amides is 1. The first kappa shape index (κ1) is 19.9. The highest BCUT2D eigenvalue weighted by atomic mass is 16.5. The van der Waals surface area contributed by atoms with Gasteiger partial charge in [-0.1, -0.05) is 0 Å². The molecule has 0 aromatic heterocycles. The van der Waals surface area contributed by atoms with E-state index in [4.69, 9.17) is 19.3 Å². The Hall–Kier alpha value is -3.42. The lowest BCUT2D eigenvalue weighted by Crippen LogP contribution is -2.20. The van der Waals surface area contributed by atoms with Gasteiger partial charge < -0.3 is 29.7 Å². The van der Waals surface area contributed by atoms with Crippen LogP contribution in [-0.4, -0.2) is 42.4 Å². The first-order valence-corrected chi connectivity index (χ1v) is 8.22. The molecule has 0 radical (unpaired) electrons. The lowest BCUT2D eigenvalue weighted by Gasteiger charge is -2.10. The number of aromatic hydroxyl groups is 1. The molecule has 27 heavy (non-hydrogen) atoms. The number of phenolic OH excluding ortho intramolecular Hbond substituents is 1. The van der Waals surface area contributed by atoms with Crippen LogP contribution in [0.2, 0.25) is 0 Å². The number of nitrogens with one attached hydrogen (secondary N) is 1. The average Bonchev–Trinajstić information content (AvgIpc) is 2.65. The topological polar surface area (TPSA) is 114 Å². The van der Waals surface area contributed by atoms with Crippen molar-refractivity contribution in [2.24, 2.45) is 0 Å². The third-order valence-electron chi connectivity index (χ3n) is 3.46. The van der Waals surface area contributed by atoms with Crippen molar-refractivity contribution in [2.45, 2.75) is 12.8 Å². The summed E-state index contributed by atoms with van der Waals surface area (Å²) in [6.07, 6.45) is 0.478. The van der Waals surface area contributed by atoms with Crippen molar-refractivity contribution >= 4 is 17.6 Å². The fourth-order valence-electron chi connectivity index (χ4n) is 2.15. The molecule has 1 amide bonds. The Balaban J connectivity index is 1.76. The molecule has 8 heteroatoms. The second kappa shape index (κ2) is 9.91. The number of benzene rings is 2. The van der Waals surface area contributed by atoms with Crippen LogP contribution in [0.4, 0.5) is 5.69 Å². The van der Waals surface area contributed by atoms with Crippen LogP contribution in [0.15, 0.2) is 42.5 Å². The molecule has 0 saturated carbocycles. The van der Waals surface area contributed by atoms with Crippen LogP contribution in [0.25, 0.3) is 0 Å². The molecule has 2 aromatic carbocycles. The van der Waals surface area contributed by atoms with Gasteiger partial charge >= 0.3 is 5.97 Å². The Morgan fingerprint density at radius 2 is 1.74 bits per heavy atom. The van der Waals surface area contributed by atoms with E-state index in [-0.39, 0.29) is 24.7 Å². The number of carboxylic acid groups (broad SMARTS) is 1. The summed E-state index contributed by atoms with van der Waals surface area (Å²) in [7, 11) is 1.44. The van der Waals surface area contributed by atoms with E-state index < -0.39 is 5.97 Å². The van der Waals surface area contributed by atoms with Gasteiger partial charge in [0.05, 0.1) is 13.7 Å². The average molecular weight is 375 g/mol. The van der Waals surface area contributed by atoms with Crippen molar-refractivity contribution in [3.63, 3.8) is 0 Å². The van der Waals surface area contributed by atoms with E-state index in [1.54, 1.807) is 30.3 Å². The van der Waals surface area contributed by atoms with Crippen molar-refractivity contribution in [3.8, 4) is 23.0 Å². The van der Waals surface area contributed by atoms with E-state index in [1.807, 2.05) is 0 Å². The summed E-state index contributed by atoms with van der Waals surface area (Å²) in [5.74, 6) is -0.0486. The zero-order chi connectivity index (χ0) is 19.6. The first-order valence-electron chi connectivity index (χ1n) is 8.22. The molecule has 0 aliphatic heterocycles. The summed E-state index contributed by atoms with van der Waals surface area (Å²) in [5, 5.41) is 20.9. The van der Waals surface area contributed by atoms with E-state index in [9.17, 15) is 14.7 Å². The number of hydrogen-bond acceptors (Lipinski definition) is 6. The van der Waals surface area contributed by atoms with Crippen LogP contribution in [0.3, 0.4) is 0 Å². The van der Waals surface area contributed by atoms with Gasteiger partial charge in [-0.15, -0.1) is 0 Å². The van der Waals surface area contributed by atoms with Crippen LogP contribution in [0, 0.1) is 0 Å². The summed E-state index contributed by atoms with van der Waals surface area (Å²) < 4.78 is 15.7. The van der Waals surface area contributed by atoms with Crippen LogP contribution < -0.4 is 19.5 Å². The van der Waals surface area contributed by atoms with Crippen LogP contribution in [0.5, 0.6) is 23.0 Å². The SMILES string of the molecule is COc1ccc(OCC(=O)Nc2ccc(OCCCC(=O)O)cc2)cc1O. The molecule has 2 rings (SSSR count). The van der Waals surface area contributed by atoms with Crippen molar-refractivity contribution < 1.29 is 34.0 Å². The fraction of sp³-hybridized carbons (Fsp3) is 0.263. The van der Waals surface area contributed by atoms with Crippen LogP contribution in [-0.2, 0) is 9.59 Å². The molecule has 2 aromatic rings. The standard InChI is InChI=1S/C19H21NO7/c1-25-17-9-8-15(11-16(17)21)27-12-18(22)20-13-4-6-14(7-5-13)26-10-2-3-19(23)24/h4-9,11,21H,2-3,10,12H2,1H3,(H,20,22)(H,23,24). The van der Waals surface area contributed by atoms with E-state index in [1.165, 1.54) is 19.2 Å². The Bertz CT molecular complexity index is 774. The number of ether oxygens (including phenoxy) is 3. The van der Waals surface area contributed by atoms with E-state index in [0.29, 0.717) is 36.0 Å². The monoisotopic (exact) mass is 375 g/mol. The van der Waals surface area contributed by atoms with Crippen LogP contribution >= 0.6 is 0 Å². The molecule has 0 unspecified atom stereocenters. The molecule has 0 atom stereocenters. The van der Waals surface area contributed by atoms with Gasteiger partial charge in [-0.05, 0) is 42.8 Å². The molecule has 0 heterocycles. The molecule has 144 valence electrons. The number of phenols is 1. The summed E-state index contributed by atoms with van der Waals surface area (Å²) in [6.45, 7) is 0.0831. The largest absolute Gasteiger partial charge is 0.504 e. The minimum atomic E-state index is -0.858. The van der Waals surface area contributed by atoms with Gasteiger partial charge in [-0.25, -0.2) is 0 Å². The molecule has 0 spiro atoms. The lowest BCUT2D eigenvalue weighted by atomic mass is 10.3. The number of aliphatic carboxylic acids is 1. The van der Waals surface area contributed by atoms with Crippen LogP contribution in [0.1, 0.15) is 12.8 Å². The number of carbonyl (C=O) groups excluding carboxylic acids is 1. The molecule has 0 fully saturated rings. The number of carbonyl (C=O) groups is 2. The normalized spacial score (nSPS) is 10.1. The maximum Gasteiger partial charge on any atom is 0.303 e. The van der Waals surface area contributed by atoms with Gasteiger partial charge in [-0.3, -0.25) is 9.59 Å². The van der Waals surface area contributed by atoms with E-state index in [2.05, 4.69) is 5.32 Å². The van der Waals surface area contributed by atoms with Gasteiger partial charge in [-0.2, -0.15) is 0 Å². The molecule has 8 nitrogen and oxygen atoms in total. The second-order valence-corrected chi connectivity index (χ2v) is 5.54. The molecular formula is C19H21NO7. The maximum atomic E-state index is 11.9. The smallest absolute Gasteiger partial charge is 0.303 e. The molecule has 0 bridgehead atoms. The molecule has 0 aliphatic carbocycles. The van der Waals surface area contributed by atoms with Crippen molar-refractivity contribution in [1.82, 2.24) is 0 Å². The third-order valence-corrected chi connectivity index (χ3v) is 3.46. The molecular weight excluding hydrogens is 354 g/mol. The summed E-state index contributed by atoms with van der Waals surface area (Å²) in [5.41, 5.74) is 0.569. The van der Waals surface area contributed by atoms with Gasteiger partial charge in [0.15, 0.2) is 18.1 Å². The molecule has 3 N–H and O–H groups in total. The lowest BCUT2D eigenvalue weighted by molar-refractivity contribution is -0.137. The maximum absolute atomic E-state index is 11.9. The second-order valence-electron chi connectivity index (χ2n) is 5.54. The predicted molar refractivity (Wildman–Crippen MR) is 97.6 cm³/mol. The number of carboxylic acids is 1. The molecule has 0 saturated heterocycles. The molecule has 0 aliphatic rings. The van der Waals surface area contributed by atoms with E-state index >= 15 is 0 Å². The van der Waals surface area contributed by atoms with Gasteiger partial charge in [0.2, 0.25) is 0 Å². The highest BCUT2D eigenvalue weighted by Crippen LogP contribution is 2.29. The van der Waals surface area contributed by atoms with Crippen molar-refractivity contribution in [3.05, 3.63) is 42.5 Å². The quantitative estimate of drug-likeness (QED) is 0.547. The van der Waals surface area contributed by atoms with Gasteiger partial charge in [0, 0.05) is 18.2 Å². The van der Waals surface area contributed by atoms with Crippen molar-refractivity contribution in [1.29, 1.82) is 0 Å². The fourth-order valence-corrected chi connectivity index (χ4v) is 2.15. The summed E-state index contributed by atoms with van der Waals surface area (Å²) in [6, 6.07) is 11.2. The zero-order valence-corrected chi connectivity index (χ0v) is 14.8. The minimum Gasteiger partial charge on any atom is -0.504 e. The highest BCUT2D eigenvalue weighted by Gasteiger charge is 2.07. The Kier molecular flexibility index (Phi) is 7.30.